The Morgan fingerprint density at radius 2 is 1.95 bits per heavy atom. The second-order valence-corrected chi connectivity index (χ2v) is 6.20. The highest BCUT2D eigenvalue weighted by atomic mass is 16.5. The van der Waals surface area contributed by atoms with Crippen molar-refractivity contribution < 1.29 is 19.4 Å². The van der Waals surface area contributed by atoms with Gasteiger partial charge in [-0.05, 0) is 18.4 Å². The fraction of sp³-hybridized carbons (Fsp3) is 0.500. The summed E-state index contributed by atoms with van der Waals surface area (Å²) in [5, 5.41) is 11.8. The molecule has 0 heterocycles. The highest BCUT2D eigenvalue weighted by Crippen LogP contribution is 2.22. The Labute approximate surface area is 125 Å². The molecule has 1 atom stereocenters. The van der Waals surface area contributed by atoms with E-state index >= 15 is 0 Å². The third kappa shape index (κ3) is 4.77. The number of amides is 1. The van der Waals surface area contributed by atoms with Crippen LogP contribution in [0.25, 0.3) is 0 Å². The Hall–Kier alpha value is -2.04. The van der Waals surface area contributed by atoms with E-state index in [0.29, 0.717) is 5.75 Å². The minimum absolute atomic E-state index is 0.0880. The van der Waals surface area contributed by atoms with Crippen LogP contribution in [0.1, 0.15) is 31.9 Å². The molecule has 0 radical (unpaired) electrons. The van der Waals surface area contributed by atoms with Crippen LogP contribution < -0.4 is 10.1 Å². The van der Waals surface area contributed by atoms with Gasteiger partial charge in [-0.1, -0.05) is 38.5 Å². The summed E-state index contributed by atoms with van der Waals surface area (Å²) in [4.78, 5) is 23.4. The zero-order valence-electron chi connectivity index (χ0n) is 13.2. The minimum atomic E-state index is -1.04. The fourth-order valence-corrected chi connectivity index (χ4v) is 2.08. The van der Waals surface area contributed by atoms with Gasteiger partial charge in [-0.2, -0.15) is 0 Å². The van der Waals surface area contributed by atoms with Gasteiger partial charge in [-0.3, -0.25) is 4.79 Å². The number of methoxy groups -OCH3 is 1. The molecular weight excluding hydrogens is 270 g/mol. The Balaban J connectivity index is 2.86. The van der Waals surface area contributed by atoms with E-state index in [1.54, 1.807) is 33.9 Å². The number of carboxylic acids is 1. The molecule has 0 saturated carbocycles. The van der Waals surface area contributed by atoms with Crippen molar-refractivity contribution in [2.75, 3.05) is 7.11 Å². The normalized spacial score (nSPS) is 12.6. The van der Waals surface area contributed by atoms with E-state index < -0.39 is 17.4 Å². The van der Waals surface area contributed by atoms with Crippen LogP contribution >= 0.6 is 0 Å². The number of rotatable bonds is 5. The topological polar surface area (TPSA) is 75.6 Å². The van der Waals surface area contributed by atoms with E-state index in [0.717, 1.165) is 11.1 Å². The Bertz CT molecular complexity index is 532. The largest absolute Gasteiger partial charge is 0.496 e. The standard InChI is InChI=1S/C16H23NO4/c1-10-6-7-12(21-5)11(8-10)9-13(18)17-14(15(19)20)16(2,3)4/h6-8,14H,9H2,1-5H3,(H,17,18)(H,19,20)/t14-/m1/s1. The number of aryl methyl sites for hydroxylation is 1. The first-order chi connectivity index (χ1) is 9.65. The Morgan fingerprint density at radius 1 is 1.33 bits per heavy atom. The maximum atomic E-state index is 12.1. The summed E-state index contributed by atoms with van der Waals surface area (Å²) in [6.07, 6.45) is 0.0880. The Morgan fingerprint density at radius 3 is 2.43 bits per heavy atom. The quantitative estimate of drug-likeness (QED) is 0.872. The number of nitrogens with one attached hydrogen (secondary N) is 1. The van der Waals surface area contributed by atoms with Crippen LogP contribution in [0.2, 0.25) is 0 Å². The number of ether oxygens (including phenoxy) is 1. The lowest BCUT2D eigenvalue weighted by atomic mass is 9.86. The number of carboxylic acid groups (broad SMARTS) is 1. The van der Waals surface area contributed by atoms with Gasteiger partial charge in [-0.25, -0.2) is 4.79 Å². The van der Waals surface area contributed by atoms with Crippen LogP contribution in [0.15, 0.2) is 18.2 Å². The second-order valence-electron chi connectivity index (χ2n) is 6.20. The lowest BCUT2D eigenvalue weighted by molar-refractivity contribution is -0.144. The van der Waals surface area contributed by atoms with Crippen molar-refractivity contribution in [1.82, 2.24) is 5.32 Å². The van der Waals surface area contributed by atoms with Crippen LogP contribution in [0.4, 0.5) is 0 Å². The molecule has 1 rings (SSSR count). The van der Waals surface area contributed by atoms with Gasteiger partial charge < -0.3 is 15.2 Å². The highest BCUT2D eigenvalue weighted by molar-refractivity contribution is 5.85. The van der Waals surface area contributed by atoms with E-state index in [-0.39, 0.29) is 12.3 Å². The molecule has 0 saturated heterocycles. The first-order valence-electron chi connectivity index (χ1n) is 6.81. The molecule has 0 unspecified atom stereocenters. The van der Waals surface area contributed by atoms with E-state index in [1.165, 1.54) is 0 Å². The summed E-state index contributed by atoms with van der Waals surface area (Å²) < 4.78 is 5.22. The maximum absolute atomic E-state index is 12.1. The fourth-order valence-electron chi connectivity index (χ4n) is 2.08. The summed E-state index contributed by atoms with van der Waals surface area (Å²) in [5.74, 6) is -0.744. The summed E-state index contributed by atoms with van der Waals surface area (Å²) in [5.41, 5.74) is 1.20. The molecule has 2 N–H and O–H groups in total. The molecule has 0 aliphatic rings. The van der Waals surface area contributed by atoms with Crippen molar-refractivity contribution in [3.05, 3.63) is 29.3 Å². The molecular formula is C16H23NO4. The number of benzene rings is 1. The van der Waals surface area contributed by atoms with E-state index in [2.05, 4.69) is 5.32 Å². The summed E-state index contributed by atoms with van der Waals surface area (Å²) in [6.45, 7) is 7.26. The van der Waals surface area contributed by atoms with Crippen molar-refractivity contribution in [2.45, 2.75) is 40.2 Å². The van der Waals surface area contributed by atoms with Crippen LogP contribution in [-0.4, -0.2) is 30.1 Å². The number of hydrogen-bond donors (Lipinski definition) is 2. The zero-order valence-corrected chi connectivity index (χ0v) is 13.2. The molecule has 0 bridgehead atoms. The van der Waals surface area contributed by atoms with Crippen LogP contribution in [0.3, 0.4) is 0 Å². The SMILES string of the molecule is COc1ccc(C)cc1CC(=O)N[C@H](C(=O)O)C(C)(C)C. The molecule has 1 aromatic rings. The van der Waals surface area contributed by atoms with Crippen molar-refractivity contribution in [3.63, 3.8) is 0 Å². The first-order valence-corrected chi connectivity index (χ1v) is 6.81. The van der Waals surface area contributed by atoms with Crippen LogP contribution in [-0.2, 0) is 16.0 Å². The monoisotopic (exact) mass is 293 g/mol. The van der Waals surface area contributed by atoms with E-state index in [1.807, 2.05) is 19.1 Å². The third-order valence-corrected chi connectivity index (χ3v) is 3.21. The van der Waals surface area contributed by atoms with Gasteiger partial charge in [0.25, 0.3) is 0 Å². The second kappa shape index (κ2) is 6.61. The smallest absolute Gasteiger partial charge is 0.326 e. The van der Waals surface area contributed by atoms with Gasteiger partial charge in [0.1, 0.15) is 11.8 Å². The van der Waals surface area contributed by atoms with Gasteiger partial charge in [0, 0.05) is 5.56 Å². The molecule has 0 fully saturated rings. The lowest BCUT2D eigenvalue weighted by Crippen LogP contribution is -2.49. The molecule has 5 heteroatoms. The third-order valence-electron chi connectivity index (χ3n) is 3.21. The van der Waals surface area contributed by atoms with Crippen molar-refractivity contribution in [1.29, 1.82) is 0 Å². The average molecular weight is 293 g/mol. The van der Waals surface area contributed by atoms with E-state index in [4.69, 9.17) is 4.74 Å². The molecule has 116 valence electrons. The van der Waals surface area contributed by atoms with Crippen molar-refractivity contribution in [3.8, 4) is 5.75 Å². The summed E-state index contributed by atoms with van der Waals surface area (Å²) in [7, 11) is 1.54. The highest BCUT2D eigenvalue weighted by Gasteiger charge is 2.32. The first kappa shape index (κ1) is 17.0. The van der Waals surface area contributed by atoms with Gasteiger partial charge in [0.05, 0.1) is 13.5 Å². The molecule has 0 spiro atoms. The predicted octanol–water partition coefficient (Wildman–Crippen LogP) is 2.16. The minimum Gasteiger partial charge on any atom is -0.496 e. The van der Waals surface area contributed by atoms with Gasteiger partial charge in [-0.15, -0.1) is 0 Å². The molecule has 1 aromatic carbocycles. The zero-order chi connectivity index (χ0) is 16.2. The predicted molar refractivity (Wildman–Crippen MR) is 80.5 cm³/mol. The molecule has 0 aliphatic carbocycles. The Kier molecular flexibility index (Phi) is 5.35. The van der Waals surface area contributed by atoms with Gasteiger partial charge in [0.15, 0.2) is 0 Å². The van der Waals surface area contributed by atoms with Crippen molar-refractivity contribution in [2.24, 2.45) is 5.41 Å². The molecule has 1 amide bonds. The van der Waals surface area contributed by atoms with Crippen LogP contribution in [0, 0.1) is 12.3 Å². The number of carbonyl (C=O) groups excluding carboxylic acids is 1. The van der Waals surface area contributed by atoms with Crippen molar-refractivity contribution >= 4 is 11.9 Å². The number of hydrogen-bond acceptors (Lipinski definition) is 3. The van der Waals surface area contributed by atoms with Gasteiger partial charge in [0.2, 0.25) is 5.91 Å². The number of carbonyl (C=O) groups is 2. The van der Waals surface area contributed by atoms with E-state index in [9.17, 15) is 14.7 Å². The summed E-state index contributed by atoms with van der Waals surface area (Å²) in [6, 6.07) is 4.64. The number of aliphatic carboxylic acids is 1. The van der Waals surface area contributed by atoms with Gasteiger partial charge >= 0.3 is 5.97 Å². The average Bonchev–Trinajstić information content (AvgIpc) is 2.34. The molecule has 5 nitrogen and oxygen atoms in total. The summed E-state index contributed by atoms with van der Waals surface area (Å²) >= 11 is 0. The lowest BCUT2D eigenvalue weighted by Gasteiger charge is -2.27. The molecule has 0 aromatic heterocycles. The molecule has 21 heavy (non-hydrogen) atoms. The van der Waals surface area contributed by atoms with Crippen LogP contribution in [0.5, 0.6) is 5.75 Å². The maximum Gasteiger partial charge on any atom is 0.326 e. The molecule has 0 aliphatic heterocycles.